The fourth-order valence-corrected chi connectivity index (χ4v) is 2.24. The molecule has 2 amide bonds. The number of nitrogens with zero attached hydrogens (tertiary/aromatic N) is 1. The van der Waals surface area contributed by atoms with Crippen molar-refractivity contribution in [1.29, 1.82) is 0 Å². The summed E-state index contributed by atoms with van der Waals surface area (Å²) in [5, 5.41) is 2.19. The zero-order valence-corrected chi connectivity index (χ0v) is 10.8. The van der Waals surface area contributed by atoms with E-state index in [0.717, 1.165) is 21.2 Å². The Morgan fingerprint density at radius 1 is 1.15 bits per heavy atom. The van der Waals surface area contributed by atoms with E-state index in [1.807, 2.05) is 42.5 Å². The van der Waals surface area contributed by atoms with E-state index in [9.17, 15) is 9.59 Å². The number of hydrogen-bond acceptors (Lipinski definition) is 3. The molecule has 4 heteroatoms. The minimum atomic E-state index is -0.572. The van der Waals surface area contributed by atoms with Crippen LogP contribution in [0.2, 0.25) is 0 Å². The maximum absolute atomic E-state index is 11.9. The van der Waals surface area contributed by atoms with Gasteiger partial charge in [0, 0.05) is 6.08 Å². The molecular weight excluding hydrogens is 254 g/mol. The summed E-state index contributed by atoms with van der Waals surface area (Å²) < 4.78 is 4.74. The molecule has 2 aromatic rings. The first-order valence-corrected chi connectivity index (χ1v) is 6.40. The molecule has 0 aliphatic carbocycles. The molecule has 2 aromatic carbocycles. The van der Waals surface area contributed by atoms with Gasteiger partial charge in [-0.3, -0.25) is 4.79 Å². The summed E-state index contributed by atoms with van der Waals surface area (Å²) in [4.78, 5) is 24.3. The van der Waals surface area contributed by atoms with Gasteiger partial charge in [0.1, 0.15) is 6.61 Å². The van der Waals surface area contributed by atoms with Crippen molar-refractivity contribution in [2.24, 2.45) is 0 Å². The Bertz CT molecular complexity index is 700. The van der Waals surface area contributed by atoms with Crippen molar-refractivity contribution in [3.8, 4) is 0 Å². The first-order chi connectivity index (χ1) is 9.75. The van der Waals surface area contributed by atoms with Crippen LogP contribution < -0.4 is 0 Å². The molecule has 0 aromatic heterocycles. The van der Waals surface area contributed by atoms with Gasteiger partial charge in [-0.2, -0.15) is 0 Å². The lowest BCUT2D eigenvalue weighted by atomic mass is 10.0. The number of carbonyl (C=O) groups is 2. The lowest BCUT2D eigenvalue weighted by Gasteiger charge is -2.07. The quantitative estimate of drug-likeness (QED) is 0.786. The Balaban J connectivity index is 1.87. The number of ether oxygens (including phenoxy) is 1. The van der Waals surface area contributed by atoms with E-state index in [1.54, 1.807) is 6.08 Å². The summed E-state index contributed by atoms with van der Waals surface area (Å²) in [6.45, 7) is 0.588. The predicted octanol–water partition coefficient (Wildman–Crippen LogP) is 2.83. The lowest BCUT2D eigenvalue weighted by Crippen LogP contribution is -2.29. The molecule has 0 radical (unpaired) electrons. The average Bonchev–Trinajstić information content (AvgIpc) is 2.91. The van der Waals surface area contributed by atoms with Crippen LogP contribution >= 0.6 is 0 Å². The second kappa shape index (κ2) is 5.17. The van der Waals surface area contributed by atoms with Crippen molar-refractivity contribution >= 4 is 28.8 Å². The van der Waals surface area contributed by atoms with E-state index in [1.165, 1.54) is 6.08 Å². The van der Waals surface area contributed by atoms with E-state index in [2.05, 4.69) is 0 Å². The normalized spacial score (nSPS) is 15.0. The largest absolute Gasteiger partial charge is 0.447 e. The number of imide groups is 1. The fraction of sp³-hybridized carbons (Fsp3) is 0.125. The Morgan fingerprint density at radius 3 is 2.75 bits per heavy atom. The molecule has 1 fully saturated rings. The molecule has 1 heterocycles. The number of cyclic esters (lactones) is 1. The maximum Gasteiger partial charge on any atom is 0.416 e. The van der Waals surface area contributed by atoms with Gasteiger partial charge in [0.25, 0.3) is 5.91 Å². The Labute approximate surface area is 116 Å². The molecule has 1 saturated heterocycles. The third-order valence-corrected chi connectivity index (χ3v) is 3.26. The predicted molar refractivity (Wildman–Crippen MR) is 76.0 cm³/mol. The average molecular weight is 267 g/mol. The molecule has 0 saturated carbocycles. The Morgan fingerprint density at radius 2 is 1.95 bits per heavy atom. The first-order valence-electron chi connectivity index (χ1n) is 6.40. The highest BCUT2D eigenvalue weighted by molar-refractivity contribution is 6.03. The summed E-state index contributed by atoms with van der Waals surface area (Å²) in [5.41, 5.74) is 0.948. The first kappa shape index (κ1) is 12.4. The van der Waals surface area contributed by atoms with Crippen LogP contribution in [0.15, 0.2) is 48.5 Å². The summed E-state index contributed by atoms with van der Waals surface area (Å²) in [6, 6.07) is 13.9. The van der Waals surface area contributed by atoms with Crippen LogP contribution in [0.5, 0.6) is 0 Å². The molecule has 4 nitrogen and oxygen atoms in total. The number of amides is 2. The van der Waals surface area contributed by atoms with Gasteiger partial charge in [0.15, 0.2) is 0 Å². The monoisotopic (exact) mass is 267 g/mol. The molecule has 3 rings (SSSR count). The van der Waals surface area contributed by atoms with E-state index in [4.69, 9.17) is 4.74 Å². The standard InChI is InChI=1S/C16H13NO3/c18-15(17-10-11-20-16(17)19)9-8-13-6-3-5-12-4-1-2-7-14(12)13/h1-9H,10-11H2. The molecule has 100 valence electrons. The number of rotatable bonds is 2. The third-order valence-electron chi connectivity index (χ3n) is 3.26. The van der Waals surface area contributed by atoms with Crippen LogP contribution in [0.25, 0.3) is 16.8 Å². The summed E-state index contributed by atoms with van der Waals surface area (Å²) >= 11 is 0. The van der Waals surface area contributed by atoms with Gasteiger partial charge >= 0.3 is 6.09 Å². The summed E-state index contributed by atoms with van der Waals surface area (Å²) in [5.74, 6) is -0.347. The second-order valence-corrected chi connectivity index (χ2v) is 4.51. The van der Waals surface area contributed by atoms with Crippen LogP contribution in [-0.2, 0) is 9.53 Å². The van der Waals surface area contributed by atoms with E-state index in [0.29, 0.717) is 6.54 Å². The van der Waals surface area contributed by atoms with Crippen molar-refractivity contribution < 1.29 is 14.3 Å². The second-order valence-electron chi connectivity index (χ2n) is 4.51. The van der Waals surface area contributed by atoms with Gasteiger partial charge in [-0.25, -0.2) is 9.69 Å². The van der Waals surface area contributed by atoms with Gasteiger partial charge in [0.05, 0.1) is 6.54 Å². The topological polar surface area (TPSA) is 46.6 Å². The van der Waals surface area contributed by atoms with Crippen LogP contribution in [0, 0.1) is 0 Å². The van der Waals surface area contributed by atoms with E-state index < -0.39 is 6.09 Å². The zero-order chi connectivity index (χ0) is 13.9. The van der Waals surface area contributed by atoms with Crippen molar-refractivity contribution in [1.82, 2.24) is 4.90 Å². The van der Waals surface area contributed by atoms with E-state index in [-0.39, 0.29) is 12.5 Å². The number of hydrogen-bond donors (Lipinski definition) is 0. The zero-order valence-electron chi connectivity index (χ0n) is 10.8. The number of carbonyl (C=O) groups excluding carboxylic acids is 2. The lowest BCUT2D eigenvalue weighted by molar-refractivity contribution is -0.122. The highest BCUT2D eigenvalue weighted by Crippen LogP contribution is 2.19. The minimum Gasteiger partial charge on any atom is -0.447 e. The summed E-state index contributed by atoms with van der Waals surface area (Å²) in [6.07, 6.45) is 2.57. The number of benzene rings is 2. The minimum absolute atomic E-state index is 0.271. The molecule has 0 spiro atoms. The Hall–Kier alpha value is -2.62. The molecule has 1 aliphatic rings. The van der Waals surface area contributed by atoms with Crippen molar-refractivity contribution in [3.05, 3.63) is 54.1 Å². The smallest absolute Gasteiger partial charge is 0.416 e. The molecule has 20 heavy (non-hydrogen) atoms. The molecule has 1 aliphatic heterocycles. The van der Waals surface area contributed by atoms with E-state index >= 15 is 0 Å². The third kappa shape index (κ3) is 2.28. The summed E-state index contributed by atoms with van der Waals surface area (Å²) in [7, 11) is 0. The molecule has 0 unspecified atom stereocenters. The van der Waals surface area contributed by atoms with Crippen LogP contribution in [0.4, 0.5) is 4.79 Å². The fourth-order valence-electron chi connectivity index (χ4n) is 2.24. The van der Waals surface area contributed by atoms with Gasteiger partial charge in [-0.15, -0.1) is 0 Å². The van der Waals surface area contributed by atoms with Crippen molar-refractivity contribution in [2.45, 2.75) is 0 Å². The van der Waals surface area contributed by atoms with Crippen molar-refractivity contribution in [3.63, 3.8) is 0 Å². The SMILES string of the molecule is O=C(C=Cc1cccc2ccccc12)N1CCOC1=O. The van der Waals surface area contributed by atoms with Gasteiger partial charge in [0.2, 0.25) is 0 Å². The van der Waals surface area contributed by atoms with Gasteiger partial charge < -0.3 is 4.74 Å². The van der Waals surface area contributed by atoms with Crippen LogP contribution in [0.3, 0.4) is 0 Å². The highest BCUT2D eigenvalue weighted by atomic mass is 16.6. The van der Waals surface area contributed by atoms with Crippen LogP contribution in [-0.4, -0.2) is 30.1 Å². The van der Waals surface area contributed by atoms with Crippen molar-refractivity contribution in [2.75, 3.05) is 13.2 Å². The Kier molecular flexibility index (Phi) is 3.21. The van der Waals surface area contributed by atoms with Crippen LogP contribution in [0.1, 0.15) is 5.56 Å². The van der Waals surface area contributed by atoms with Gasteiger partial charge in [-0.1, -0.05) is 42.5 Å². The highest BCUT2D eigenvalue weighted by Gasteiger charge is 2.26. The van der Waals surface area contributed by atoms with Gasteiger partial charge in [-0.05, 0) is 22.4 Å². The molecule has 0 N–H and O–H groups in total. The molecular formula is C16H13NO3. The molecule has 0 bridgehead atoms. The number of fused-ring (bicyclic) bond motifs is 1. The maximum atomic E-state index is 11.9. The molecule has 0 atom stereocenters.